The molecule has 1 atom stereocenters. The standard InChI is InChI=1S/C26H20ClF2NO5/c1-3-35-21-12-15(6-11-20(21)34-2)23-22(24(31)14-4-7-16(27)8-5-14)25(32)26(33)30(23)19-10-9-17(28)13-18(19)29/h4-13,23,31H,3H2,1-2H3/b24-22+. The van der Waals surface area contributed by atoms with E-state index in [1.54, 1.807) is 25.1 Å². The maximum absolute atomic E-state index is 14.8. The van der Waals surface area contributed by atoms with Crippen LogP contribution in [0.3, 0.4) is 0 Å². The topological polar surface area (TPSA) is 76.1 Å². The van der Waals surface area contributed by atoms with E-state index in [0.29, 0.717) is 34.8 Å². The van der Waals surface area contributed by atoms with Crippen LogP contribution in [0.2, 0.25) is 5.02 Å². The minimum atomic E-state index is -1.24. The van der Waals surface area contributed by atoms with Gasteiger partial charge in [0.15, 0.2) is 11.5 Å². The highest BCUT2D eigenvalue weighted by atomic mass is 35.5. The van der Waals surface area contributed by atoms with Gasteiger partial charge in [-0.1, -0.05) is 17.7 Å². The fourth-order valence-electron chi connectivity index (χ4n) is 3.97. The van der Waals surface area contributed by atoms with Gasteiger partial charge in [0, 0.05) is 16.7 Å². The van der Waals surface area contributed by atoms with Crippen molar-refractivity contribution in [1.82, 2.24) is 0 Å². The third kappa shape index (κ3) is 4.44. The molecule has 4 rings (SSSR count). The van der Waals surface area contributed by atoms with Gasteiger partial charge in [0.05, 0.1) is 31.0 Å². The van der Waals surface area contributed by atoms with Gasteiger partial charge in [-0.3, -0.25) is 14.5 Å². The quantitative estimate of drug-likeness (QED) is 0.269. The first-order chi connectivity index (χ1) is 16.8. The van der Waals surface area contributed by atoms with Gasteiger partial charge >= 0.3 is 0 Å². The number of ether oxygens (including phenoxy) is 2. The Kier molecular flexibility index (Phi) is 6.75. The highest BCUT2D eigenvalue weighted by Gasteiger charge is 2.48. The van der Waals surface area contributed by atoms with Crippen LogP contribution in [0.5, 0.6) is 11.5 Å². The smallest absolute Gasteiger partial charge is 0.300 e. The molecule has 1 fully saturated rings. The van der Waals surface area contributed by atoms with Crippen LogP contribution in [0, 0.1) is 11.6 Å². The average Bonchev–Trinajstić information content (AvgIpc) is 3.10. The third-order valence-corrected chi connectivity index (χ3v) is 5.79. The third-order valence-electron chi connectivity index (χ3n) is 5.53. The highest BCUT2D eigenvalue weighted by Crippen LogP contribution is 2.44. The van der Waals surface area contributed by atoms with Gasteiger partial charge in [-0.05, 0) is 61.0 Å². The van der Waals surface area contributed by atoms with E-state index in [-0.39, 0.29) is 16.8 Å². The maximum Gasteiger partial charge on any atom is 0.300 e. The summed E-state index contributed by atoms with van der Waals surface area (Å²) in [5.74, 6) is -3.73. The number of hydrogen-bond acceptors (Lipinski definition) is 5. The Morgan fingerprint density at radius 1 is 1.03 bits per heavy atom. The van der Waals surface area contributed by atoms with Crippen LogP contribution in [0.1, 0.15) is 24.1 Å². The summed E-state index contributed by atoms with van der Waals surface area (Å²) in [5, 5.41) is 11.5. The van der Waals surface area contributed by atoms with Gasteiger partial charge in [0.1, 0.15) is 17.4 Å². The fourth-order valence-corrected chi connectivity index (χ4v) is 4.09. The largest absolute Gasteiger partial charge is 0.507 e. The van der Waals surface area contributed by atoms with Crippen molar-refractivity contribution >= 4 is 34.7 Å². The van der Waals surface area contributed by atoms with Crippen molar-refractivity contribution in [2.24, 2.45) is 0 Å². The molecule has 1 unspecified atom stereocenters. The number of hydrogen-bond donors (Lipinski definition) is 1. The van der Waals surface area contributed by atoms with Crippen molar-refractivity contribution < 1.29 is 33.0 Å². The Balaban J connectivity index is 1.98. The van der Waals surface area contributed by atoms with Crippen LogP contribution in [-0.2, 0) is 9.59 Å². The van der Waals surface area contributed by atoms with E-state index < -0.39 is 35.1 Å². The highest BCUT2D eigenvalue weighted by molar-refractivity contribution is 6.51. The van der Waals surface area contributed by atoms with E-state index in [0.717, 1.165) is 17.0 Å². The van der Waals surface area contributed by atoms with Crippen LogP contribution < -0.4 is 14.4 Å². The molecule has 35 heavy (non-hydrogen) atoms. The Hall–Kier alpha value is -3.91. The molecule has 1 heterocycles. The van der Waals surface area contributed by atoms with Gasteiger partial charge in [-0.15, -0.1) is 0 Å². The molecule has 1 amide bonds. The van der Waals surface area contributed by atoms with E-state index in [1.807, 2.05) is 0 Å². The van der Waals surface area contributed by atoms with Gasteiger partial charge in [0.25, 0.3) is 11.7 Å². The number of ketones is 1. The molecule has 0 aromatic heterocycles. The molecule has 6 nitrogen and oxygen atoms in total. The number of nitrogens with zero attached hydrogens (tertiary/aromatic N) is 1. The Labute approximate surface area is 205 Å². The van der Waals surface area contributed by atoms with E-state index in [9.17, 15) is 23.5 Å². The molecule has 180 valence electrons. The lowest BCUT2D eigenvalue weighted by molar-refractivity contribution is -0.132. The predicted molar refractivity (Wildman–Crippen MR) is 127 cm³/mol. The monoisotopic (exact) mass is 499 g/mol. The number of anilines is 1. The zero-order valence-corrected chi connectivity index (χ0v) is 19.5. The second-order valence-electron chi connectivity index (χ2n) is 7.62. The van der Waals surface area contributed by atoms with E-state index in [2.05, 4.69) is 0 Å². The molecule has 1 aliphatic heterocycles. The molecular formula is C26H20ClF2NO5. The van der Waals surface area contributed by atoms with Gasteiger partial charge in [-0.2, -0.15) is 0 Å². The number of aliphatic hydroxyl groups is 1. The second-order valence-corrected chi connectivity index (χ2v) is 8.05. The number of benzene rings is 3. The Morgan fingerprint density at radius 2 is 1.74 bits per heavy atom. The Bertz CT molecular complexity index is 1340. The first kappa shape index (κ1) is 24.2. The summed E-state index contributed by atoms with van der Waals surface area (Å²) in [7, 11) is 1.46. The molecule has 0 aliphatic carbocycles. The van der Waals surface area contributed by atoms with Crippen molar-refractivity contribution in [3.63, 3.8) is 0 Å². The summed E-state index contributed by atoms with van der Waals surface area (Å²) in [4.78, 5) is 27.2. The van der Waals surface area contributed by atoms with Gasteiger partial charge in [-0.25, -0.2) is 8.78 Å². The number of methoxy groups -OCH3 is 1. The van der Waals surface area contributed by atoms with Crippen molar-refractivity contribution in [3.05, 3.63) is 94.0 Å². The van der Waals surface area contributed by atoms with Crippen LogP contribution >= 0.6 is 11.6 Å². The van der Waals surface area contributed by atoms with Crippen molar-refractivity contribution in [3.8, 4) is 11.5 Å². The van der Waals surface area contributed by atoms with Gasteiger partial charge < -0.3 is 14.6 Å². The van der Waals surface area contributed by atoms with E-state index in [1.165, 1.54) is 31.4 Å². The second kappa shape index (κ2) is 9.76. The molecule has 1 saturated heterocycles. The van der Waals surface area contributed by atoms with Crippen LogP contribution in [0.15, 0.2) is 66.2 Å². The summed E-state index contributed by atoms with van der Waals surface area (Å²) < 4.78 is 39.4. The fraction of sp³-hybridized carbons (Fsp3) is 0.154. The van der Waals surface area contributed by atoms with E-state index >= 15 is 0 Å². The number of carbonyl (C=O) groups is 2. The molecular weight excluding hydrogens is 480 g/mol. The molecule has 0 radical (unpaired) electrons. The number of carbonyl (C=O) groups excluding carboxylic acids is 2. The number of rotatable bonds is 6. The molecule has 9 heteroatoms. The van der Waals surface area contributed by atoms with Crippen LogP contribution in [-0.4, -0.2) is 30.5 Å². The number of Topliss-reactive ketones (excluding diaryl/α,β-unsaturated/α-hetero) is 1. The Morgan fingerprint density at radius 3 is 2.37 bits per heavy atom. The van der Waals surface area contributed by atoms with Crippen molar-refractivity contribution in [1.29, 1.82) is 0 Å². The summed E-state index contributed by atoms with van der Waals surface area (Å²) in [6.07, 6.45) is 0. The number of amides is 1. The first-order valence-corrected chi connectivity index (χ1v) is 11.0. The lowest BCUT2D eigenvalue weighted by Gasteiger charge is -2.26. The molecule has 1 aliphatic rings. The molecule has 3 aromatic carbocycles. The van der Waals surface area contributed by atoms with Crippen LogP contribution in [0.25, 0.3) is 5.76 Å². The van der Waals surface area contributed by atoms with Crippen molar-refractivity contribution in [2.75, 3.05) is 18.6 Å². The zero-order chi connectivity index (χ0) is 25.3. The van der Waals surface area contributed by atoms with E-state index in [4.69, 9.17) is 21.1 Å². The molecule has 1 N–H and O–H groups in total. The lowest BCUT2D eigenvalue weighted by atomic mass is 9.94. The predicted octanol–water partition coefficient (Wildman–Crippen LogP) is 5.65. The molecule has 0 spiro atoms. The minimum absolute atomic E-state index is 0.232. The number of halogens is 3. The lowest BCUT2D eigenvalue weighted by Crippen LogP contribution is -2.30. The summed E-state index contributed by atoms with van der Waals surface area (Å²) in [6, 6.07) is 12.1. The number of aliphatic hydroxyl groups excluding tert-OH is 1. The zero-order valence-electron chi connectivity index (χ0n) is 18.7. The average molecular weight is 500 g/mol. The minimum Gasteiger partial charge on any atom is -0.507 e. The van der Waals surface area contributed by atoms with Crippen molar-refractivity contribution in [2.45, 2.75) is 13.0 Å². The molecule has 3 aromatic rings. The first-order valence-electron chi connectivity index (χ1n) is 10.6. The summed E-state index contributed by atoms with van der Waals surface area (Å²) in [6.45, 7) is 2.07. The summed E-state index contributed by atoms with van der Waals surface area (Å²) >= 11 is 5.94. The normalized spacial score (nSPS) is 17.1. The van der Waals surface area contributed by atoms with Gasteiger partial charge in [0.2, 0.25) is 0 Å². The SMILES string of the molecule is CCOc1cc(C2/C(=C(\O)c3ccc(Cl)cc3)C(=O)C(=O)N2c2ccc(F)cc2F)ccc1OC. The summed E-state index contributed by atoms with van der Waals surface area (Å²) in [5.41, 5.74) is -0.0145. The molecule has 0 saturated carbocycles. The maximum atomic E-state index is 14.8. The van der Waals surface area contributed by atoms with Crippen LogP contribution in [0.4, 0.5) is 14.5 Å². The molecule has 0 bridgehead atoms.